The maximum absolute atomic E-state index is 12.9. The summed E-state index contributed by atoms with van der Waals surface area (Å²) < 4.78 is 18.2. The zero-order chi connectivity index (χ0) is 26.6. The molecule has 0 saturated carbocycles. The SMILES string of the molecule is C[C@@H]1[C@H](n2ccc(=O)[nH]c2=O)O[C@@](COC(=O)c2cccc(Cl)c2)(N=[N+]=[N-])[C@H]1OC(=O)c1ccccc1. The first-order valence-electron chi connectivity index (χ1n) is 11.0. The lowest BCUT2D eigenvalue weighted by Gasteiger charge is -2.29. The van der Waals surface area contributed by atoms with Gasteiger partial charge in [-0.3, -0.25) is 14.3 Å². The third-order valence-corrected chi connectivity index (χ3v) is 5.99. The van der Waals surface area contributed by atoms with E-state index >= 15 is 0 Å². The van der Waals surface area contributed by atoms with Gasteiger partial charge in [0.2, 0.25) is 5.72 Å². The van der Waals surface area contributed by atoms with E-state index < -0.39 is 53.8 Å². The van der Waals surface area contributed by atoms with Crippen LogP contribution >= 0.6 is 11.6 Å². The van der Waals surface area contributed by atoms with Crippen molar-refractivity contribution in [3.05, 3.63) is 114 Å². The second-order valence-electron chi connectivity index (χ2n) is 8.20. The fraction of sp³-hybridized carbons (Fsp3) is 0.250. The van der Waals surface area contributed by atoms with Gasteiger partial charge in [-0.25, -0.2) is 14.4 Å². The predicted octanol–water partition coefficient (Wildman–Crippen LogP) is 3.44. The highest BCUT2D eigenvalue weighted by Crippen LogP contribution is 2.44. The molecule has 12 nitrogen and oxygen atoms in total. The highest BCUT2D eigenvalue weighted by atomic mass is 35.5. The van der Waals surface area contributed by atoms with Gasteiger partial charge in [-0.1, -0.05) is 47.9 Å². The fourth-order valence-electron chi connectivity index (χ4n) is 4.01. The number of benzene rings is 2. The lowest BCUT2D eigenvalue weighted by Crippen LogP contribution is -2.46. The van der Waals surface area contributed by atoms with E-state index in [1.165, 1.54) is 30.5 Å². The number of aromatic nitrogens is 2. The summed E-state index contributed by atoms with van der Waals surface area (Å²) in [7, 11) is 0. The van der Waals surface area contributed by atoms with Crippen LogP contribution in [-0.2, 0) is 14.2 Å². The number of rotatable bonds is 7. The molecule has 1 saturated heterocycles. The molecule has 0 radical (unpaired) electrons. The highest BCUT2D eigenvalue weighted by molar-refractivity contribution is 6.30. The first kappa shape index (κ1) is 25.7. The average molecular weight is 526 g/mol. The molecule has 190 valence electrons. The van der Waals surface area contributed by atoms with Crippen LogP contribution in [0.5, 0.6) is 0 Å². The summed E-state index contributed by atoms with van der Waals surface area (Å²) in [6, 6.07) is 15.2. The number of nitrogens with one attached hydrogen (secondary N) is 1. The standard InChI is InChI=1S/C24H20ClN5O7/c1-14-19(36-22(33)15-6-3-2-4-7-15)24(28-29-26,13-35-21(32)16-8-5-9-17(25)12-16)37-20(14)30-11-10-18(31)27-23(30)34/h2-12,14,19-20H,13H2,1H3,(H,27,31,34)/t14-,19-,20+,24+/m0/s1. The molecule has 13 heteroatoms. The van der Waals surface area contributed by atoms with Gasteiger partial charge in [0.25, 0.3) is 5.56 Å². The van der Waals surface area contributed by atoms with Gasteiger partial charge in [0, 0.05) is 28.1 Å². The molecule has 0 aliphatic carbocycles. The number of nitrogens with zero attached hydrogens (tertiary/aromatic N) is 4. The van der Waals surface area contributed by atoms with Gasteiger partial charge in [-0.05, 0) is 35.9 Å². The van der Waals surface area contributed by atoms with E-state index in [0.29, 0.717) is 5.02 Å². The van der Waals surface area contributed by atoms with E-state index in [2.05, 4.69) is 15.0 Å². The van der Waals surface area contributed by atoms with Crippen LogP contribution in [0.2, 0.25) is 5.02 Å². The number of azide groups is 1. The van der Waals surface area contributed by atoms with Gasteiger partial charge >= 0.3 is 17.6 Å². The van der Waals surface area contributed by atoms with Gasteiger partial charge in [-0.2, -0.15) is 0 Å². The number of carbonyl (C=O) groups is 2. The Labute approximate surface area is 214 Å². The summed E-state index contributed by atoms with van der Waals surface area (Å²) in [6.45, 7) is 0.937. The van der Waals surface area contributed by atoms with Crippen LogP contribution in [0.3, 0.4) is 0 Å². The van der Waals surface area contributed by atoms with Crippen molar-refractivity contribution in [3.8, 4) is 0 Å². The van der Waals surface area contributed by atoms with Gasteiger partial charge in [0.1, 0.15) is 18.9 Å². The molecule has 0 unspecified atom stereocenters. The van der Waals surface area contributed by atoms with Crippen LogP contribution < -0.4 is 11.2 Å². The maximum atomic E-state index is 12.9. The Morgan fingerprint density at radius 1 is 1.14 bits per heavy atom. The summed E-state index contributed by atoms with van der Waals surface area (Å²) in [4.78, 5) is 54.6. The smallest absolute Gasteiger partial charge is 0.338 e. The van der Waals surface area contributed by atoms with Crippen LogP contribution in [-0.4, -0.2) is 39.9 Å². The van der Waals surface area contributed by atoms with E-state index in [4.69, 9.17) is 25.8 Å². The largest absolute Gasteiger partial charge is 0.459 e. The second-order valence-corrected chi connectivity index (χ2v) is 8.63. The van der Waals surface area contributed by atoms with Crippen molar-refractivity contribution in [2.45, 2.75) is 25.0 Å². The lowest BCUT2D eigenvalue weighted by atomic mass is 9.97. The van der Waals surface area contributed by atoms with Crippen molar-refractivity contribution in [2.24, 2.45) is 11.0 Å². The summed E-state index contributed by atoms with van der Waals surface area (Å²) in [5.41, 5.74) is 6.24. The van der Waals surface area contributed by atoms with Crippen LogP contribution in [0, 0.1) is 5.92 Å². The minimum atomic E-state index is -2.05. The van der Waals surface area contributed by atoms with Gasteiger partial charge in [0.05, 0.1) is 11.1 Å². The second kappa shape index (κ2) is 10.7. The molecule has 1 N–H and O–H groups in total. The Hall–Kier alpha value is -4.38. The first-order chi connectivity index (χ1) is 17.7. The minimum Gasteiger partial charge on any atom is -0.459 e. The van der Waals surface area contributed by atoms with Gasteiger partial charge in [0.15, 0.2) is 0 Å². The Morgan fingerprint density at radius 2 is 1.86 bits per heavy atom. The van der Waals surface area contributed by atoms with Crippen LogP contribution in [0.15, 0.2) is 81.6 Å². The summed E-state index contributed by atoms with van der Waals surface area (Å²) in [6.07, 6.45) is -1.26. The highest BCUT2D eigenvalue weighted by Gasteiger charge is 2.57. The van der Waals surface area contributed by atoms with Crippen molar-refractivity contribution < 1.29 is 23.8 Å². The third-order valence-electron chi connectivity index (χ3n) is 5.75. The number of hydrogen-bond donors (Lipinski definition) is 1. The van der Waals surface area contributed by atoms with E-state index in [1.54, 1.807) is 37.3 Å². The Morgan fingerprint density at radius 3 is 2.54 bits per heavy atom. The van der Waals surface area contributed by atoms with E-state index in [9.17, 15) is 24.7 Å². The third kappa shape index (κ3) is 5.41. The number of hydrogen-bond acceptors (Lipinski definition) is 8. The zero-order valence-corrected chi connectivity index (χ0v) is 20.1. The van der Waals surface area contributed by atoms with Crippen molar-refractivity contribution in [1.29, 1.82) is 0 Å². The summed E-state index contributed by atoms with van der Waals surface area (Å²) >= 11 is 5.95. The molecule has 1 aliphatic heterocycles. The molecule has 1 fully saturated rings. The lowest BCUT2D eigenvalue weighted by molar-refractivity contribution is -0.129. The maximum Gasteiger partial charge on any atom is 0.338 e. The monoisotopic (exact) mass is 525 g/mol. The van der Waals surface area contributed by atoms with Gasteiger partial charge < -0.3 is 14.2 Å². The molecule has 0 bridgehead atoms. The number of H-pyrrole nitrogens is 1. The fourth-order valence-corrected chi connectivity index (χ4v) is 4.20. The molecule has 1 aliphatic rings. The first-order valence-corrected chi connectivity index (χ1v) is 11.4. The molecule has 4 rings (SSSR count). The summed E-state index contributed by atoms with van der Waals surface area (Å²) in [5.74, 6) is -2.36. The number of aromatic amines is 1. The average Bonchev–Trinajstić information content (AvgIpc) is 3.14. The quantitative estimate of drug-likeness (QED) is 0.213. The topological polar surface area (TPSA) is 165 Å². The Kier molecular flexibility index (Phi) is 7.44. The predicted molar refractivity (Wildman–Crippen MR) is 130 cm³/mol. The van der Waals surface area contributed by atoms with Crippen LogP contribution in [0.25, 0.3) is 10.4 Å². The Balaban J connectivity index is 1.71. The number of carbonyl (C=O) groups excluding carboxylic acids is 2. The molecular formula is C24H20ClN5O7. The van der Waals surface area contributed by atoms with E-state index in [-0.39, 0.29) is 11.1 Å². The molecule has 2 heterocycles. The van der Waals surface area contributed by atoms with E-state index in [1.807, 2.05) is 0 Å². The zero-order valence-electron chi connectivity index (χ0n) is 19.3. The van der Waals surface area contributed by atoms with Crippen molar-refractivity contribution in [3.63, 3.8) is 0 Å². The van der Waals surface area contributed by atoms with Crippen molar-refractivity contribution >= 4 is 23.5 Å². The molecule has 1 aromatic heterocycles. The minimum absolute atomic E-state index is 0.126. The molecule has 4 atom stereocenters. The molecule has 2 aromatic carbocycles. The molecule has 3 aromatic rings. The Bertz CT molecular complexity index is 1480. The summed E-state index contributed by atoms with van der Waals surface area (Å²) in [5, 5.41) is 4.03. The van der Waals surface area contributed by atoms with Gasteiger partial charge in [-0.15, -0.1) is 0 Å². The van der Waals surface area contributed by atoms with Crippen molar-refractivity contribution in [1.82, 2.24) is 9.55 Å². The van der Waals surface area contributed by atoms with Crippen LogP contribution in [0.1, 0.15) is 33.9 Å². The molecule has 37 heavy (non-hydrogen) atoms. The molecule has 0 amide bonds. The number of esters is 2. The molecular weight excluding hydrogens is 506 g/mol. The van der Waals surface area contributed by atoms with E-state index in [0.717, 1.165) is 10.6 Å². The number of halogens is 1. The normalized spacial score (nSPS) is 22.6. The van der Waals surface area contributed by atoms with Crippen LogP contribution in [0.4, 0.5) is 0 Å². The van der Waals surface area contributed by atoms with Crippen molar-refractivity contribution in [2.75, 3.05) is 6.61 Å². The number of ether oxygens (including phenoxy) is 3. The molecule has 0 spiro atoms.